The number of amides is 1. The number of benzene rings is 1. The summed E-state index contributed by atoms with van der Waals surface area (Å²) in [6.45, 7) is 5.31. The Hall–Kier alpha value is -1.30. The molecule has 0 saturated heterocycles. The fraction of sp³-hybridized carbons (Fsp3) is 0.500. The highest BCUT2D eigenvalue weighted by molar-refractivity contribution is 6.30. The first-order valence-corrected chi connectivity index (χ1v) is 6.76. The van der Waals surface area contributed by atoms with E-state index in [4.69, 9.17) is 27.2 Å². The number of carbonyl (C=O) groups excluding carboxylic acids is 1. The second-order valence-corrected chi connectivity index (χ2v) is 5.91. The van der Waals surface area contributed by atoms with Gasteiger partial charge in [-0.05, 0) is 51.0 Å². The van der Waals surface area contributed by atoms with Gasteiger partial charge in [-0.25, -0.2) is 4.79 Å². The van der Waals surface area contributed by atoms with Crippen molar-refractivity contribution in [1.82, 2.24) is 0 Å². The summed E-state index contributed by atoms with van der Waals surface area (Å²) in [7, 11) is 0. The van der Waals surface area contributed by atoms with E-state index in [9.17, 15) is 4.79 Å². The molecule has 0 radical (unpaired) electrons. The van der Waals surface area contributed by atoms with Crippen molar-refractivity contribution >= 4 is 23.4 Å². The van der Waals surface area contributed by atoms with Gasteiger partial charge in [-0.15, -0.1) is 0 Å². The lowest BCUT2D eigenvalue weighted by Crippen LogP contribution is -2.28. The third kappa shape index (κ3) is 5.36. The Bertz CT molecular complexity index is 472. The fourth-order valence-electron chi connectivity index (χ4n) is 1.66. The molecule has 0 saturated carbocycles. The summed E-state index contributed by atoms with van der Waals surface area (Å²) in [5.74, 6) is 0. The topological polar surface area (TPSA) is 84.6 Å². The number of hydrogen-bond acceptors (Lipinski definition) is 4. The first kappa shape index (κ1) is 16.8. The fourth-order valence-corrected chi connectivity index (χ4v) is 1.84. The Morgan fingerprint density at radius 2 is 2.15 bits per heavy atom. The van der Waals surface area contributed by atoms with E-state index in [0.717, 1.165) is 0 Å². The minimum atomic E-state index is -0.579. The van der Waals surface area contributed by atoms with Crippen LogP contribution < -0.4 is 11.1 Å². The number of aliphatic hydroxyl groups is 1. The van der Waals surface area contributed by atoms with Crippen molar-refractivity contribution in [2.45, 2.75) is 38.8 Å². The van der Waals surface area contributed by atoms with Gasteiger partial charge in [-0.3, -0.25) is 5.32 Å². The molecule has 1 unspecified atom stereocenters. The quantitative estimate of drug-likeness (QED) is 0.798. The van der Waals surface area contributed by atoms with Gasteiger partial charge in [0.2, 0.25) is 0 Å². The molecule has 0 bridgehead atoms. The third-order valence-electron chi connectivity index (χ3n) is 2.49. The van der Waals surface area contributed by atoms with E-state index in [1.807, 2.05) is 0 Å². The van der Waals surface area contributed by atoms with Crippen LogP contribution in [-0.2, 0) is 4.74 Å². The van der Waals surface area contributed by atoms with Crippen molar-refractivity contribution in [3.05, 3.63) is 28.8 Å². The Morgan fingerprint density at radius 1 is 1.50 bits per heavy atom. The highest BCUT2D eigenvalue weighted by atomic mass is 35.5. The SMILES string of the molecule is CC(C)(C)OC(=O)Nc1ccc(Cl)cc1C(N)CCO. The Labute approximate surface area is 124 Å². The zero-order valence-electron chi connectivity index (χ0n) is 11.9. The van der Waals surface area contributed by atoms with Crippen molar-refractivity contribution in [1.29, 1.82) is 0 Å². The molecule has 0 aliphatic carbocycles. The van der Waals surface area contributed by atoms with Gasteiger partial charge in [0.25, 0.3) is 0 Å². The summed E-state index contributed by atoms with van der Waals surface area (Å²) in [5.41, 5.74) is 6.58. The largest absolute Gasteiger partial charge is 0.444 e. The van der Waals surface area contributed by atoms with Crippen LogP contribution in [0.25, 0.3) is 0 Å². The van der Waals surface area contributed by atoms with Gasteiger partial charge in [-0.2, -0.15) is 0 Å². The predicted molar refractivity (Wildman–Crippen MR) is 79.9 cm³/mol. The lowest BCUT2D eigenvalue weighted by atomic mass is 10.0. The molecular formula is C14H21ClN2O3. The van der Waals surface area contributed by atoms with Crippen LogP contribution in [0.3, 0.4) is 0 Å². The second kappa shape index (κ2) is 6.92. The van der Waals surface area contributed by atoms with Crippen molar-refractivity contribution in [2.24, 2.45) is 5.73 Å². The van der Waals surface area contributed by atoms with Crippen molar-refractivity contribution in [3.63, 3.8) is 0 Å². The lowest BCUT2D eigenvalue weighted by Gasteiger charge is -2.21. The zero-order chi connectivity index (χ0) is 15.3. The standard InChI is InChI=1S/C14H21ClN2O3/c1-14(2,3)20-13(19)17-12-5-4-9(15)8-10(12)11(16)6-7-18/h4-5,8,11,18H,6-7,16H2,1-3H3,(H,17,19). The number of hydrogen-bond donors (Lipinski definition) is 3. The summed E-state index contributed by atoms with van der Waals surface area (Å²) in [5, 5.41) is 12.1. The number of halogens is 1. The van der Waals surface area contributed by atoms with Gasteiger partial charge in [0, 0.05) is 23.4 Å². The molecule has 0 heterocycles. The first-order valence-electron chi connectivity index (χ1n) is 6.39. The maximum absolute atomic E-state index is 11.8. The number of nitrogens with one attached hydrogen (secondary N) is 1. The van der Waals surface area contributed by atoms with E-state index in [-0.39, 0.29) is 6.61 Å². The van der Waals surface area contributed by atoms with Crippen LogP contribution in [0.5, 0.6) is 0 Å². The molecule has 112 valence electrons. The molecule has 4 N–H and O–H groups in total. The summed E-state index contributed by atoms with van der Waals surface area (Å²) in [6, 6.07) is 4.58. The van der Waals surface area contributed by atoms with Crippen LogP contribution in [0.1, 0.15) is 38.8 Å². The molecule has 1 atom stereocenters. The van der Waals surface area contributed by atoms with Crippen LogP contribution in [0.4, 0.5) is 10.5 Å². The maximum atomic E-state index is 11.8. The predicted octanol–water partition coefficient (Wildman–Crippen LogP) is 3.07. The smallest absolute Gasteiger partial charge is 0.412 e. The minimum Gasteiger partial charge on any atom is -0.444 e. The third-order valence-corrected chi connectivity index (χ3v) is 2.72. The first-order chi connectivity index (χ1) is 9.23. The summed E-state index contributed by atoms with van der Waals surface area (Å²) in [4.78, 5) is 11.8. The van der Waals surface area contributed by atoms with E-state index in [1.165, 1.54) is 0 Å². The molecule has 6 heteroatoms. The monoisotopic (exact) mass is 300 g/mol. The van der Waals surface area contributed by atoms with Crippen LogP contribution >= 0.6 is 11.6 Å². The highest BCUT2D eigenvalue weighted by Crippen LogP contribution is 2.27. The van der Waals surface area contributed by atoms with Crippen LogP contribution in [0.15, 0.2) is 18.2 Å². The molecule has 0 spiro atoms. The molecular weight excluding hydrogens is 280 g/mol. The van der Waals surface area contributed by atoms with Gasteiger partial charge in [-0.1, -0.05) is 11.6 Å². The van der Waals surface area contributed by atoms with E-state index in [0.29, 0.717) is 22.7 Å². The van der Waals surface area contributed by atoms with E-state index >= 15 is 0 Å². The van der Waals surface area contributed by atoms with Crippen molar-refractivity contribution in [2.75, 3.05) is 11.9 Å². The van der Waals surface area contributed by atoms with E-state index in [1.54, 1.807) is 39.0 Å². The molecule has 0 aromatic heterocycles. The molecule has 0 aliphatic rings. The van der Waals surface area contributed by atoms with Gasteiger partial charge in [0.1, 0.15) is 5.60 Å². The average molecular weight is 301 g/mol. The van der Waals surface area contributed by atoms with Crippen LogP contribution in [0, 0.1) is 0 Å². The number of anilines is 1. The summed E-state index contributed by atoms with van der Waals surface area (Å²) < 4.78 is 5.19. The number of aliphatic hydroxyl groups excluding tert-OH is 1. The molecule has 5 nitrogen and oxygen atoms in total. The molecule has 1 amide bonds. The molecule has 1 aromatic carbocycles. The number of ether oxygens (including phenoxy) is 1. The molecule has 20 heavy (non-hydrogen) atoms. The maximum Gasteiger partial charge on any atom is 0.412 e. The Balaban J connectivity index is 2.91. The Kier molecular flexibility index (Phi) is 5.80. The lowest BCUT2D eigenvalue weighted by molar-refractivity contribution is 0.0636. The van der Waals surface area contributed by atoms with Crippen molar-refractivity contribution in [3.8, 4) is 0 Å². The van der Waals surface area contributed by atoms with Crippen LogP contribution in [-0.4, -0.2) is 23.4 Å². The average Bonchev–Trinajstić information content (AvgIpc) is 2.29. The van der Waals surface area contributed by atoms with Gasteiger partial charge >= 0.3 is 6.09 Å². The normalized spacial score (nSPS) is 12.9. The number of nitrogens with two attached hydrogens (primary N) is 1. The van der Waals surface area contributed by atoms with Gasteiger partial charge in [0.15, 0.2) is 0 Å². The van der Waals surface area contributed by atoms with Gasteiger partial charge in [0.05, 0.1) is 0 Å². The number of rotatable bonds is 4. The molecule has 0 aliphatic heterocycles. The van der Waals surface area contributed by atoms with Crippen LogP contribution in [0.2, 0.25) is 5.02 Å². The Morgan fingerprint density at radius 3 is 2.70 bits per heavy atom. The second-order valence-electron chi connectivity index (χ2n) is 5.48. The van der Waals surface area contributed by atoms with Gasteiger partial charge < -0.3 is 15.6 Å². The van der Waals surface area contributed by atoms with Crippen molar-refractivity contribution < 1.29 is 14.6 Å². The molecule has 1 aromatic rings. The summed E-state index contributed by atoms with van der Waals surface area (Å²) in [6.07, 6.45) is -0.180. The zero-order valence-corrected chi connectivity index (χ0v) is 12.7. The molecule has 0 fully saturated rings. The molecule has 1 rings (SSSR count). The van der Waals surface area contributed by atoms with E-state index in [2.05, 4.69) is 5.32 Å². The number of carbonyl (C=O) groups is 1. The minimum absolute atomic E-state index is 0.0421. The van der Waals surface area contributed by atoms with E-state index < -0.39 is 17.7 Å². The summed E-state index contributed by atoms with van der Waals surface area (Å²) >= 11 is 5.94. The highest BCUT2D eigenvalue weighted by Gasteiger charge is 2.18.